The lowest BCUT2D eigenvalue weighted by Gasteiger charge is -2.10. The number of aromatic nitrogens is 2. The van der Waals surface area contributed by atoms with Gasteiger partial charge in [0, 0.05) is 28.8 Å². The molecule has 0 aliphatic rings. The smallest absolute Gasteiger partial charge is 0.161 e. The first-order valence-corrected chi connectivity index (χ1v) is 6.72. The third-order valence-corrected chi connectivity index (χ3v) is 3.22. The molecule has 3 nitrogen and oxygen atoms in total. The standard InChI is InChI=1S/C14H16BrN3/c1-9(2)12-8-13(16-3)18-14(17-12)10-4-6-11(15)7-5-10/h4-9H,1-3H3,(H,16,17,18). The molecule has 0 amide bonds. The first-order chi connectivity index (χ1) is 8.60. The predicted octanol–water partition coefficient (Wildman–Crippen LogP) is 4.07. The van der Waals surface area contributed by atoms with E-state index in [9.17, 15) is 0 Å². The minimum atomic E-state index is 0.384. The van der Waals surface area contributed by atoms with Crippen molar-refractivity contribution in [1.29, 1.82) is 0 Å². The Labute approximate surface area is 116 Å². The van der Waals surface area contributed by atoms with Gasteiger partial charge in [0.15, 0.2) is 5.82 Å². The van der Waals surface area contributed by atoms with Crippen LogP contribution in [0.3, 0.4) is 0 Å². The van der Waals surface area contributed by atoms with Crippen LogP contribution in [0.1, 0.15) is 25.5 Å². The SMILES string of the molecule is CNc1cc(C(C)C)nc(-c2ccc(Br)cc2)n1. The molecular formula is C14H16BrN3. The Kier molecular flexibility index (Phi) is 3.97. The third-order valence-electron chi connectivity index (χ3n) is 2.70. The monoisotopic (exact) mass is 305 g/mol. The molecule has 1 aromatic carbocycles. The molecule has 4 heteroatoms. The van der Waals surface area contributed by atoms with Gasteiger partial charge in [-0.1, -0.05) is 41.9 Å². The van der Waals surface area contributed by atoms with Crippen molar-refractivity contribution in [2.24, 2.45) is 0 Å². The lowest BCUT2D eigenvalue weighted by Crippen LogP contribution is -2.02. The molecular weight excluding hydrogens is 290 g/mol. The fourth-order valence-electron chi connectivity index (χ4n) is 1.62. The first kappa shape index (κ1) is 13.0. The molecule has 0 saturated carbocycles. The van der Waals surface area contributed by atoms with Crippen LogP contribution >= 0.6 is 15.9 Å². The Morgan fingerprint density at radius 1 is 1.11 bits per heavy atom. The number of nitrogens with zero attached hydrogens (tertiary/aromatic N) is 2. The highest BCUT2D eigenvalue weighted by Crippen LogP contribution is 2.23. The fourth-order valence-corrected chi connectivity index (χ4v) is 1.88. The number of benzene rings is 1. The van der Waals surface area contributed by atoms with Gasteiger partial charge >= 0.3 is 0 Å². The summed E-state index contributed by atoms with van der Waals surface area (Å²) in [5, 5.41) is 3.08. The maximum Gasteiger partial charge on any atom is 0.161 e. The quantitative estimate of drug-likeness (QED) is 0.929. The van der Waals surface area contributed by atoms with Crippen molar-refractivity contribution in [3.8, 4) is 11.4 Å². The van der Waals surface area contributed by atoms with Crippen molar-refractivity contribution < 1.29 is 0 Å². The number of rotatable bonds is 3. The average molecular weight is 306 g/mol. The molecule has 94 valence electrons. The summed E-state index contributed by atoms with van der Waals surface area (Å²) in [6, 6.07) is 10.0. The van der Waals surface area contributed by atoms with E-state index in [-0.39, 0.29) is 0 Å². The molecule has 1 heterocycles. The number of anilines is 1. The number of halogens is 1. The van der Waals surface area contributed by atoms with Crippen molar-refractivity contribution in [1.82, 2.24) is 9.97 Å². The van der Waals surface area contributed by atoms with E-state index in [0.29, 0.717) is 5.92 Å². The molecule has 0 atom stereocenters. The van der Waals surface area contributed by atoms with Gasteiger partial charge in [-0.25, -0.2) is 9.97 Å². The molecule has 0 aliphatic carbocycles. The van der Waals surface area contributed by atoms with Gasteiger partial charge in [-0.3, -0.25) is 0 Å². The molecule has 2 aromatic rings. The molecule has 0 saturated heterocycles. The van der Waals surface area contributed by atoms with Crippen LogP contribution in [0.4, 0.5) is 5.82 Å². The largest absolute Gasteiger partial charge is 0.373 e. The second-order valence-electron chi connectivity index (χ2n) is 4.41. The molecule has 18 heavy (non-hydrogen) atoms. The second kappa shape index (κ2) is 5.48. The molecule has 0 aliphatic heterocycles. The summed E-state index contributed by atoms with van der Waals surface area (Å²) in [7, 11) is 1.87. The van der Waals surface area contributed by atoms with E-state index in [2.05, 4.69) is 45.1 Å². The van der Waals surface area contributed by atoms with E-state index in [0.717, 1.165) is 27.4 Å². The van der Waals surface area contributed by atoms with Crippen LogP contribution in [0.5, 0.6) is 0 Å². The topological polar surface area (TPSA) is 37.8 Å². The normalized spacial score (nSPS) is 10.7. The highest BCUT2D eigenvalue weighted by Gasteiger charge is 2.08. The Hall–Kier alpha value is -1.42. The zero-order valence-corrected chi connectivity index (χ0v) is 12.3. The van der Waals surface area contributed by atoms with E-state index in [1.807, 2.05) is 37.4 Å². The summed E-state index contributed by atoms with van der Waals surface area (Å²) in [5.74, 6) is 2.00. The van der Waals surface area contributed by atoms with Gasteiger partial charge in [-0.2, -0.15) is 0 Å². The van der Waals surface area contributed by atoms with Crippen LogP contribution in [0.15, 0.2) is 34.8 Å². The number of hydrogen-bond donors (Lipinski definition) is 1. The van der Waals surface area contributed by atoms with Gasteiger partial charge < -0.3 is 5.32 Å². The van der Waals surface area contributed by atoms with Crippen LogP contribution in [0.25, 0.3) is 11.4 Å². The summed E-state index contributed by atoms with van der Waals surface area (Å²) < 4.78 is 1.06. The average Bonchev–Trinajstić information content (AvgIpc) is 2.39. The molecule has 0 bridgehead atoms. The highest BCUT2D eigenvalue weighted by atomic mass is 79.9. The van der Waals surface area contributed by atoms with E-state index >= 15 is 0 Å². The summed E-state index contributed by atoms with van der Waals surface area (Å²) in [6.45, 7) is 4.26. The first-order valence-electron chi connectivity index (χ1n) is 5.93. The van der Waals surface area contributed by atoms with E-state index in [4.69, 9.17) is 0 Å². The molecule has 0 unspecified atom stereocenters. The summed E-state index contributed by atoms with van der Waals surface area (Å²) in [6.07, 6.45) is 0. The maximum absolute atomic E-state index is 4.61. The molecule has 1 N–H and O–H groups in total. The number of hydrogen-bond acceptors (Lipinski definition) is 3. The van der Waals surface area contributed by atoms with Crippen LogP contribution in [0, 0.1) is 0 Å². The third kappa shape index (κ3) is 2.88. The zero-order chi connectivity index (χ0) is 13.1. The van der Waals surface area contributed by atoms with Gasteiger partial charge in [0.05, 0.1) is 0 Å². The van der Waals surface area contributed by atoms with Crippen molar-refractivity contribution >= 4 is 21.7 Å². The van der Waals surface area contributed by atoms with E-state index in [1.165, 1.54) is 0 Å². The minimum Gasteiger partial charge on any atom is -0.373 e. The second-order valence-corrected chi connectivity index (χ2v) is 5.33. The molecule has 2 rings (SSSR count). The van der Waals surface area contributed by atoms with Crippen molar-refractivity contribution in [3.63, 3.8) is 0 Å². The van der Waals surface area contributed by atoms with Crippen LogP contribution < -0.4 is 5.32 Å². The van der Waals surface area contributed by atoms with Gasteiger partial charge in [0.2, 0.25) is 0 Å². The Bertz CT molecular complexity index is 535. The number of nitrogens with one attached hydrogen (secondary N) is 1. The lowest BCUT2D eigenvalue weighted by molar-refractivity contribution is 0.817. The zero-order valence-electron chi connectivity index (χ0n) is 10.7. The van der Waals surface area contributed by atoms with Crippen molar-refractivity contribution in [2.75, 3.05) is 12.4 Å². The molecule has 0 fully saturated rings. The minimum absolute atomic E-state index is 0.384. The van der Waals surface area contributed by atoms with Gasteiger partial charge in [0.1, 0.15) is 5.82 Å². The van der Waals surface area contributed by atoms with E-state index < -0.39 is 0 Å². The summed E-state index contributed by atoms with van der Waals surface area (Å²) in [4.78, 5) is 9.11. The summed E-state index contributed by atoms with van der Waals surface area (Å²) in [5.41, 5.74) is 2.07. The van der Waals surface area contributed by atoms with E-state index in [1.54, 1.807) is 0 Å². The predicted molar refractivity (Wildman–Crippen MR) is 78.8 cm³/mol. The van der Waals surface area contributed by atoms with Crippen LogP contribution in [-0.2, 0) is 0 Å². The Morgan fingerprint density at radius 2 is 1.78 bits per heavy atom. The fraction of sp³-hybridized carbons (Fsp3) is 0.286. The molecule has 1 aromatic heterocycles. The molecule has 0 spiro atoms. The van der Waals surface area contributed by atoms with Crippen LogP contribution in [-0.4, -0.2) is 17.0 Å². The summed E-state index contributed by atoms with van der Waals surface area (Å²) >= 11 is 3.43. The lowest BCUT2D eigenvalue weighted by atomic mass is 10.1. The highest BCUT2D eigenvalue weighted by molar-refractivity contribution is 9.10. The van der Waals surface area contributed by atoms with Gasteiger partial charge in [0.25, 0.3) is 0 Å². The Balaban J connectivity index is 2.49. The van der Waals surface area contributed by atoms with Gasteiger partial charge in [-0.05, 0) is 18.1 Å². The van der Waals surface area contributed by atoms with Crippen molar-refractivity contribution in [3.05, 3.63) is 40.5 Å². The van der Waals surface area contributed by atoms with Crippen molar-refractivity contribution in [2.45, 2.75) is 19.8 Å². The Morgan fingerprint density at radius 3 is 2.33 bits per heavy atom. The van der Waals surface area contributed by atoms with Gasteiger partial charge in [-0.15, -0.1) is 0 Å². The molecule has 0 radical (unpaired) electrons. The van der Waals surface area contributed by atoms with Crippen LogP contribution in [0.2, 0.25) is 0 Å². The maximum atomic E-state index is 4.61.